The molecule has 1 fully saturated rings. The van der Waals surface area contributed by atoms with Crippen molar-refractivity contribution in [1.82, 2.24) is 5.32 Å². The highest BCUT2D eigenvalue weighted by molar-refractivity contribution is 6.37. The maximum atomic E-state index is 10.7. The van der Waals surface area contributed by atoms with Crippen LogP contribution in [0.15, 0.2) is 0 Å². The number of carbonyl (C=O) groups excluding carboxylic acids is 2. The highest BCUT2D eigenvalue weighted by Crippen LogP contribution is 2.29. The Balaban J connectivity index is 0. The van der Waals surface area contributed by atoms with Crippen LogP contribution in [0.1, 0.15) is 28.1 Å². The molecule has 0 aromatic carbocycles. The zero-order valence-electron chi connectivity index (χ0n) is 7.31. The summed E-state index contributed by atoms with van der Waals surface area (Å²) in [6.07, 6.45) is 1.79. The van der Waals surface area contributed by atoms with Crippen LogP contribution in [0.3, 0.4) is 0 Å². The lowest BCUT2D eigenvalue weighted by Gasteiger charge is -1.92. The first-order chi connectivity index (χ1) is 5.25. The fourth-order valence-corrected chi connectivity index (χ4v) is 0.654. The van der Waals surface area contributed by atoms with E-state index in [1.807, 2.05) is 13.8 Å². The fourth-order valence-electron chi connectivity index (χ4n) is 0.654. The molecular formula is C8H17NO2. The number of likely N-dealkylation sites (N-methyl/N-ethyl adjacent to an activating group) is 1. The lowest BCUT2D eigenvalue weighted by atomic mass is 10.2. The van der Waals surface area contributed by atoms with Gasteiger partial charge in [-0.2, -0.15) is 0 Å². The number of ketones is 1. The van der Waals surface area contributed by atoms with Gasteiger partial charge in [0.25, 0.3) is 5.91 Å². The third-order valence-corrected chi connectivity index (χ3v) is 1.40. The van der Waals surface area contributed by atoms with Crippen LogP contribution in [-0.4, -0.2) is 18.7 Å². The molecule has 0 saturated heterocycles. The van der Waals surface area contributed by atoms with Crippen molar-refractivity contribution in [1.29, 1.82) is 0 Å². The molecule has 0 aliphatic heterocycles. The van der Waals surface area contributed by atoms with E-state index in [2.05, 4.69) is 5.32 Å². The molecule has 3 nitrogen and oxygen atoms in total. The third-order valence-electron chi connectivity index (χ3n) is 1.40. The summed E-state index contributed by atoms with van der Waals surface area (Å²) in [7, 11) is 1.47. The van der Waals surface area contributed by atoms with Gasteiger partial charge in [-0.05, 0) is 12.8 Å². The Labute approximate surface area is 68.7 Å². The second-order valence-electron chi connectivity index (χ2n) is 2.22. The van der Waals surface area contributed by atoms with Gasteiger partial charge in [0.15, 0.2) is 0 Å². The molecule has 0 heterocycles. The highest BCUT2D eigenvalue weighted by atomic mass is 16.2. The molecule has 0 radical (unpaired) electrons. The molecule has 11 heavy (non-hydrogen) atoms. The molecule has 1 rings (SSSR count). The van der Waals surface area contributed by atoms with Crippen LogP contribution in [0.4, 0.5) is 0 Å². The van der Waals surface area contributed by atoms with Gasteiger partial charge in [0.05, 0.1) is 0 Å². The average molecular weight is 159 g/mol. The summed E-state index contributed by atoms with van der Waals surface area (Å²) in [5.74, 6) is -0.653. The van der Waals surface area contributed by atoms with E-state index in [0.717, 1.165) is 12.8 Å². The van der Waals surface area contributed by atoms with Crippen molar-refractivity contribution in [3.63, 3.8) is 0 Å². The van der Waals surface area contributed by atoms with Crippen LogP contribution in [0.5, 0.6) is 0 Å². The molecule has 0 aromatic rings. The van der Waals surface area contributed by atoms with Gasteiger partial charge in [0.2, 0.25) is 5.78 Å². The average Bonchev–Trinajstić information content (AvgIpc) is 2.88. The first kappa shape index (κ1) is 10.1. The monoisotopic (exact) mass is 159 g/mol. The topological polar surface area (TPSA) is 46.2 Å². The van der Waals surface area contributed by atoms with Crippen molar-refractivity contribution in [2.24, 2.45) is 5.92 Å². The van der Waals surface area contributed by atoms with Crippen molar-refractivity contribution < 1.29 is 11.0 Å². The van der Waals surface area contributed by atoms with E-state index in [4.69, 9.17) is 0 Å². The molecule has 3 heteroatoms. The van der Waals surface area contributed by atoms with Crippen molar-refractivity contribution in [3.8, 4) is 0 Å². The van der Waals surface area contributed by atoms with Crippen molar-refractivity contribution in [3.05, 3.63) is 0 Å². The quantitative estimate of drug-likeness (QED) is 0.610. The van der Waals surface area contributed by atoms with Gasteiger partial charge in [0.1, 0.15) is 0 Å². The molecular weight excluding hydrogens is 142 g/mol. The van der Waals surface area contributed by atoms with Gasteiger partial charge < -0.3 is 5.32 Å². The van der Waals surface area contributed by atoms with Crippen LogP contribution in [-0.2, 0) is 9.59 Å². The van der Waals surface area contributed by atoms with E-state index >= 15 is 0 Å². The SMILES string of the molecule is CC.CNC(=O)C(=O)C1CC1.[HH]. The maximum Gasteiger partial charge on any atom is 0.287 e. The standard InChI is InChI=1S/C6H9NO2.C2H6.H2/c1-7-6(9)5(8)4-2-3-4;1-2;/h4H,2-3H2,1H3,(H,7,9);1-2H3;1H. The van der Waals surface area contributed by atoms with Crippen molar-refractivity contribution in [2.75, 3.05) is 7.05 Å². The largest absolute Gasteiger partial charge is 0.353 e. The lowest BCUT2D eigenvalue weighted by Crippen LogP contribution is -2.28. The van der Waals surface area contributed by atoms with Gasteiger partial charge >= 0.3 is 0 Å². The van der Waals surface area contributed by atoms with Crippen LogP contribution in [0, 0.1) is 5.92 Å². The maximum absolute atomic E-state index is 10.7. The number of amides is 1. The Hall–Kier alpha value is -0.860. The summed E-state index contributed by atoms with van der Waals surface area (Å²) in [6.45, 7) is 4.00. The Morgan fingerprint density at radius 2 is 1.82 bits per heavy atom. The normalized spacial score (nSPS) is 14.5. The number of hydrogen-bond donors (Lipinski definition) is 1. The summed E-state index contributed by atoms with van der Waals surface area (Å²) in [5, 5.41) is 2.30. The first-order valence-corrected chi connectivity index (χ1v) is 4.01. The fraction of sp³-hybridized carbons (Fsp3) is 0.750. The third kappa shape index (κ3) is 3.16. The van der Waals surface area contributed by atoms with Crippen LogP contribution < -0.4 is 5.32 Å². The second kappa shape index (κ2) is 4.88. The molecule has 1 amide bonds. The molecule has 1 aliphatic carbocycles. The van der Waals surface area contributed by atoms with E-state index in [-0.39, 0.29) is 13.1 Å². The zero-order valence-corrected chi connectivity index (χ0v) is 7.31. The van der Waals surface area contributed by atoms with Crippen LogP contribution in [0.2, 0.25) is 0 Å². The molecule has 1 aliphatic rings. The summed E-state index contributed by atoms with van der Waals surface area (Å²) >= 11 is 0. The van der Waals surface area contributed by atoms with Gasteiger partial charge in [-0.25, -0.2) is 0 Å². The minimum absolute atomic E-state index is 0. The molecule has 0 bridgehead atoms. The second-order valence-corrected chi connectivity index (χ2v) is 2.22. The molecule has 1 N–H and O–H groups in total. The lowest BCUT2D eigenvalue weighted by molar-refractivity contribution is -0.138. The van der Waals surface area contributed by atoms with Crippen LogP contribution in [0.25, 0.3) is 0 Å². The highest BCUT2D eigenvalue weighted by Gasteiger charge is 2.33. The van der Waals surface area contributed by atoms with E-state index in [1.54, 1.807) is 0 Å². The number of nitrogens with one attached hydrogen (secondary N) is 1. The molecule has 0 spiro atoms. The minimum atomic E-state index is -0.447. The van der Waals surface area contributed by atoms with E-state index in [0.29, 0.717) is 0 Å². The van der Waals surface area contributed by atoms with Crippen molar-refractivity contribution in [2.45, 2.75) is 26.7 Å². The molecule has 66 valence electrons. The summed E-state index contributed by atoms with van der Waals surface area (Å²) in [5.41, 5.74) is 0. The van der Waals surface area contributed by atoms with Gasteiger partial charge in [-0.1, -0.05) is 13.8 Å². The predicted molar refractivity (Wildman–Crippen MR) is 45.3 cm³/mol. The zero-order chi connectivity index (χ0) is 8.85. The van der Waals surface area contributed by atoms with E-state index in [1.165, 1.54) is 7.05 Å². The number of hydrogen-bond acceptors (Lipinski definition) is 2. The van der Waals surface area contributed by atoms with Crippen LogP contribution >= 0.6 is 0 Å². The van der Waals surface area contributed by atoms with Crippen molar-refractivity contribution >= 4 is 11.7 Å². The summed E-state index contributed by atoms with van der Waals surface area (Å²) in [6, 6.07) is 0. The number of rotatable bonds is 2. The Morgan fingerprint density at radius 1 is 1.36 bits per heavy atom. The molecule has 0 atom stereocenters. The molecule has 1 saturated carbocycles. The van der Waals surface area contributed by atoms with E-state index < -0.39 is 5.91 Å². The Kier molecular flexibility index (Phi) is 4.50. The molecule has 0 unspecified atom stereocenters. The summed E-state index contributed by atoms with van der Waals surface area (Å²) in [4.78, 5) is 21.3. The van der Waals surface area contributed by atoms with E-state index in [9.17, 15) is 9.59 Å². The van der Waals surface area contributed by atoms with Gasteiger partial charge in [0, 0.05) is 14.4 Å². The number of carbonyl (C=O) groups is 2. The molecule has 0 aromatic heterocycles. The predicted octanol–water partition coefficient (Wildman–Crippen LogP) is 0.984. The minimum Gasteiger partial charge on any atom is -0.353 e. The Bertz CT molecular complexity index is 155. The number of Topliss-reactive ketones (excluding diaryl/α,β-unsaturated/α-hetero) is 1. The summed E-state index contributed by atoms with van der Waals surface area (Å²) < 4.78 is 0. The first-order valence-electron chi connectivity index (χ1n) is 4.01. The van der Waals surface area contributed by atoms with Gasteiger partial charge in [-0.3, -0.25) is 9.59 Å². The van der Waals surface area contributed by atoms with Gasteiger partial charge in [-0.15, -0.1) is 0 Å². The Morgan fingerprint density at radius 3 is 2.09 bits per heavy atom. The smallest absolute Gasteiger partial charge is 0.287 e.